The van der Waals surface area contributed by atoms with Gasteiger partial charge in [0.05, 0.1) is 12.2 Å². The first-order chi connectivity index (χ1) is 8.02. The fraction of sp³-hybridized carbons (Fsp3) is 0.462. The summed E-state index contributed by atoms with van der Waals surface area (Å²) in [7, 11) is 0. The molecule has 1 aliphatic heterocycles. The van der Waals surface area contributed by atoms with E-state index >= 15 is 0 Å². The minimum absolute atomic E-state index is 0.182. The zero-order valence-electron chi connectivity index (χ0n) is 10.1. The van der Waals surface area contributed by atoms with Crippen molar-refractivity contribution in [1.82, 2.24) is 0 Å². The van der Waals surface area contributed by atoms with E-state index in [-0.39, 0.29) is 5.60 Å². The van der Waals surface area contributed by atoms with Gasteiger partial charge in [-0.05, 0) is 32.0 Å². The Morgan fingerprint density at radius 3 is 2.88 bits per heavy atom. The zero-order chi connectivity index (χ0) is 12.5. The van der Waals surface area contributed by atoms with E-state index in [2.05, 4.69) is 18.7 Å². The summed E-state index contributed by atoms with van der Waals surface area (Å²) in [4.78, 5) is 13.2. The van der Waals surface area contributed by atoms with Crippen LogP contribution in [0, 0.1) is 0 Å². The van der Waals surface area contributed by atoms with Crippen LogP contribution in [0.15, 0.2) is 18.2 Å². The SMILES string of the molecule is CC1(C)CN(c2ccc(Cl)cc2C=O)CCO1. The maximum Gasteiger partial charge on any atom is 0.152 e. The molecule has 1 aromatic rings. The highest BCUT2D eigenvalue weighted by atomic mass is 35.5. The predicted molar refractivity (Wildman–Crippen MR) is 69.1 cm³/mol. The molecule has 1 saturated heterocycles. The molecule has 1 fully saturated rings. The van der Waals surface area contributed by atoms with Crippen LogP contribution in [-0.2, 0) is 4.74 Å². The van der Waals surface area contributed by atoms with Crippen molar-refractivity contribution < 1.29 is 9.53 Å². The van der Waals surface area contributed by atoms with Crippen molar-refractivity contribution >= 4 is 23.6 Å². The lowest BCUT2D eigenvalue weighted by atomic mass is 10.1. The molecule has 0 saturated carbocycles. The van der Waals surface area contributed by atoms with Gasteiger partial charge < -0.3 is 9.64 Å². The Labute approximate surface area is 106 Å². The van der Waals surface area contributed by atoms with E-state index in [0.29, 0.717) is 17.2 Å². The number of hydrogen-bond donors (Lipinski definition) is 0. The second-order valence-corrected chi connectivity index (χ2v) is 5.29. The molecule has 92 valence electrons. The largest absolute Gasteiger partial charge is 0.372 e. The molecule has 0 radical (unpaired) electrons. The fourth-order valence-electron chi connectivity index (χ4n) is 2.13. The summed E-state index contributed by atoms with van der Waals surface area (Å²) in [5.41, 5.74) is 1.38. The number of carbonyl (C=O) groups excluding carboxylic acids is 1. The minimum Gasteiger partial charge on any atom is -0.372 e. The van der Waals surface area contributed by atoms with E-state index in [0.717, 1.165) is 25.1 Å². The molecule has 17 heavy (non-hydrogen) atoms. The second kappa shape index (κ2) is 4.67. The average Bonchev–Trinajstić information content (AvgIpc) is 2.27. The van der Waals surface area contributed by atoms with Gasteiger partial charge >= 0.3 is 0 Å². The van der Waals surface area contributed by atoms with Crippen LogP contribution in [0.3, 0.4) is 0 Å². The number of halogens is 1. The summed E-state index contributed by atoms with van der Waals surface area (Å²) < 4.78 is 5.66. The normalized spacial score (nSPS) is 19.1. The Hall–Kier alpha value is -1.06. The predicted octanol–water partition coefficient (Wildman–Crippen LogP) is 2.77. The highest BCUT2D eigenvalue weighted by Crippen LogP contribution is 2.27. The topological polar surface area (TPSA) is 29.5 Å². The molecule has 0 unspecified atom stereocenters. The van der Waals surface area contributed by atoms with Gasteiger partial charge in [0.2, 0.25) is 0 Å². The molecular weight excluding hydrogens is 238 g/mol. The maximum absolute atomic E-state index is 11.1. The molecule has 0 atom stereocenters. The number of carbonyl (C=O) groups is 1. The maximum atomic E-state index is 11.1. The molecule has 0 aromatic heterocycles. The van der Waals surface area contributed by atoms with Crippen LogP contribution < -0.4 is 4.90 Å². The Morgan fingerprint density at radius 1 is 1.47 bits per heavy atom. The van der Waals surface area contributed by atoms with Crippen molar-refractivity contribution in [2.24, 2.45) is 0 Å². The lowest BCUT2D eigenvalue weighted by molar-refractivity contribution is -0.0277. The number of hydrogen-bond acceptors (Lipinski definition) is 3. The molecule has 3 nitrogen and oxygen atoms in total. The lowest BCUT2D eigenvalue weighted by Gasteiger charge is -2.39. The third-order valence-corrected chi connectivity index (χ3v) is 3.12. The van der Waals surface area contributed by atoms with Gasteiger partial charge in [-0.3, -0.25) is 4.79 Å². The van der Waals surface area contributed by atoms with Crippen LogP contribution in [0.2, 0.25) is 5.02 Å². The Kier molecular flexibility index (Phi) is 3.40. The van der Waals surface area contributed by atoms with Crippen LogP contribution in [0.25, 0.3) is 0 Å². The summed E-state index contributed by atoms with van der Waals surface area (Å²) in [5.74, 6) is 0. The zero-order valence-corrected chi connectivity index (χ0v) is 10.8. The third-order valence-electron chi connectivity index (χ3n) is 2.88. The van der Waals surface area contributed by atoms with Crippen molar-refractivity contribution in [3.05, 3.63) is 28.8 Å². The van der Waals surface area contributed by atoms with Gasteiger partial charge in [0, 0.05) is 29.4 Å². The third kappa shape index (κ3) is 2.79. The molecule has 0 amide bonds. The van der Waals surface area contributed by atoms with E-state index in [1.165, 1.54) is 0 Å². The monoisotopic (exact) mass is 253 g/mol. The van der Waals surface area contributed by atoms with Gasteiger partial charge in [-0.1, -0.05) is 11.6 Å². The highest BCUT2D eigenvalue weighted by molar-refractivity contribution is 6.31. The number of aldehydes is 1. The van der Waals surface area contributed by atoms with Gasteiger partial charge in [-0.15, -0.1) is 0 Å². The molecule has 0 bridgehead atoms. The average molecular weight is 254 g/mol. The van der Waals surface area contributed by atoms with Crippen LogP contribution >= 0.6 is 11.6 Å². The minimum atomic E-state index is -0.182. The van der Waals surface area contributed by atoms with E-state index in [1.54, 1.807) is 6.07 Å². The Bertz CT molecular complexity index is 431. The van der Waals surface area contributed by atoms with Crippen LogP contribution in [-0.4, -0.2) is 31.6 Å². The molecule has 0 aliphatic carbocycles. The number of rotatable bonds is 2. The molecular formula is C13H16ClNO2. The van der Waals surface area contributed by atoms with Gasteiger partial charge in [-0.2, -0.15) is 0 Å². The second-order valence-electron chi connectivity index (χ2n) is 4.85. The number of ether oxygens (including phenoxy) is 1. The molecule has 1 aromatic carbocycles. The van der Waals surface area contributed by atoms with Gasteiger partial charge in [0.1, 0.15) is 0 Å². The Balaban J connectivity index is 2.30. The molecule has 0 spiro atoms. The van der Waals surface area contributed by atoms with Crippen molar-refractivity contribution in [2.45, 2.75) is 19.4 Å². The van der Waals surface area contributed by atoms with E-state index in [9.17, 15) is 4.79 Å². The molecule has 2 rings (SSSR count). The van der Waals surface area contributed by atoms with Gasteiger partial charge in [-0.25, -0.2) is 0 Å². The molecule has 1 heterocycles. The quantitative estimate of drug-likeness (QED) is 0.759. The summed E-state index contributed by atoms with van der Waals surface area (Å²) in [5, 5.41) is 0.586. The van der Waals surface area contributed by atoms with E-state index in [1.807, 2.05) is 12.1 Å². The summed E-state index contributed by atoms with van der Waals surface area (Å²) in [6.45, 7) is 6.35. The van der Waals surface area contributed by atoms with Gasteiger partial charge in [0.15, 0.2) is 6.29 Å². The fourth-order valence-corrected chi connectivity index (χ4v) is 2.31. The Morgan fingerprint density at radius 2 is 2.24 bits per heavy atom. The molecule has 4 heteroatoms. The summed E-state index contributed by atoms with van der Waals surface area (Å²) >= 11 is 5.89. The number of morpholine rings is 1. The standard InChI is InChI=1S/C13H16ClNO2/c1-13(2)9-15(5-6-17-13)12-4-3-11(14)7-10(12)8-16/h3-4,7-8H,5-6,9H2,1-2H3. The highest BCUT2D eigenvalue weighted by Gasteiger charge is 2.28. The molecule has 1 aliphatic rings. The van der Waals surface area contributed by atoms with Crippen LogP contribution in [0.5, 0.6) is 0 Å². The smallest absolute Gasteiger partial charge is 0.152 e. The summed E-state index contributed by atoms with van der Waals surface area (Å²) in [6, 6.07) is 5.41. The number of nitrogens with zero attached hydrogens (tertiary/aromatic N) is 1. The first-order valence-electron chi connectivity index (χ1n) is 5.65. The van der Waals surface area contributed by atoms with Crippen molar-refractivity contribution in [1.29, 1.82) is 0 Å². The lowest BCUT2D eigenvalue weighted by Crippen LogP contribution is -2.48. The van der Waals surface area contributed by atoms with Crippen LogP contribution in [0.1, 0.15) is 24.2 Å². The number of benzene rings is 1. The van der Waals surface area contributed by atoms with Crippen molar-refractivity contribution in [3.8, 4) is 0 Å². The van der Waals surface area contributed by atoms with E-state index < -0.39 is 0 Å². The summed E-state index contributed by atoms with van der Waals surface area (Å²) in [6.07, 6.45) is 0.851. The van der Waals surface area contributed by atoms with Crippen molar-refractivity contribution in [2.75, 3.05) is 24.6 Å². The first-order valence-corrected chi connectivity index (χ1v) is 6.03. The number of anilines is 1. The van der Waals surface area contributed by atoms with Gasteiger partial charge in [0.25, 0.3) is 0 Å². The van der Waals surface area contributed by atoms with E-state index in [4.69, 9.17) is 16.3 Å². The first kappa shape index (κ1) is 12.4. The van der Waals surface area contributed by atoms with Crippen LogP contribution in [0.4, 0.5) is 5.69 Å². The molecule has 0 N–H and O–H groups in total. The van der Waals surface area contributed by atoms with Crippen molar-refractivity contribution in [3.63, 3.8) is 0 Å².